The van der Waals surface area contributed by atoms with E-state index in [1.807, 2.05) is 13.8 Å². The Bertz CT molecular complexity index is 1440. The molecule has 0 fully saturated rings. The molecule has 0 amide bonds. The molecule has 0 aliphatic heterocycles. The van der Waals surface area contributed by atoms with E-state index in [-0.39, 0.29) is 28.4 Å². The Morgan fingerprint density at radius 1 is 1.03 bits per heavy atom. The van der Waals surface area contributed by atoms with Crippen LogP contribution in [0.1, 0.15) is 35.5 Å². The summed E-state index contributed by atoms with van der Waals surface area (Å²) in [6.45, 7) is 3.75. The van der Waals surface area contributed by atoms with Crippen LogP contribution in [0.4, 0.5) is 13.2 Å². The fraction of sp³-hybridized carbons (Fsp3) is 0.192. The Hall–Kier alpha value is -4.34. The molecule has 4 rings (SSSR count). The van der Waals surface area contributed by atoms with E-state index >= 15 is 0 Å². The summed E-state index contributed by atoms with van der Waals surface area (Å²) in [7, 11) is 0. The van der Waals surface area contributed by atoms with E-state index in [1.165, 1.54) is 12.1 Å². The number of hydrogen-bond donors (Lipinski definition) is 2. The van der Waals surface area contributed by atoms with Crippen LogP contribution in [0.2, 0.25) is 0 Å². The number of benzene rings is 2. The minimum atomic E-state index is -4.54. The molecule has 2 aromatic heterocycles. The molecule has 0 saturated carbocycles. The van der Waals surface area contributed by atoms with Crippen LogP contribution in [-0.4, -0.2) is 37.8 Å². The molecule has 2 heterocycles. The van der Waals surface area contributed by atoms with Crippen molar-refractivity contribution in [1.29, 1.82) is 0 Å². The number of carbonyl (C=O) groups is 2. The Kier molecular flexibility index (Phi) is 6.45. The van der Waals surface area contributed by atoms with Gasteiger partial charge < -0.3 is 19.5 Å². The summed E-state index contributed by atoms with van der Waals surface area (Å²) in [6, 6.07) is 13.6. The van der Waals surface area contributed by atoms with Crippen molar-refractivity contribution in [3.63, 3.8) is 0 Å². The second-order valence-electron chi connectivity index (χ2n) is 8.36. The van der Waals surface area contributed by atoms with Gasteiger partial charge in [-0.2, -0.15) is 13.2 Å². The Morgan fingerprint density at radius 3 is 2.25 bits per heavy atom. The zero-order chi connectivity index (χ0) is 26.2. The number of pyridine rings is 1. The largest absolute Gasteiger partial charge is 0.491 e. The van der Waals surface area contributed by atoms with Crippen LogP contribution in [0.25, 0.3) is 27.8 Å². The van der Waals surface area contributed by atoms with Gasteiger partial charge in [-0.1, -0.05) is 6.07 Å². The molecule has 0 unspecified atom stereocenters. The number of carboxylic acid groups (broad SMARTS) is 2. The van der Waals surface area contributed by atoms with Crippen molar-refractivity contribution in [3.05, 3.63) is 77.6 Å². The smallest absolute Gasteiger partial charge is 0.417 e. The van der Waals surface area contributed by atoms with Crippen LogP contribution in [0.3, 0.4) is 0 Å². The molecule has 10 heteroatoms. The van der Waals surface area contributed by atoms with Gasteiger partial charge in [0.1, 0.15) is 5.75 Å². The first-order valence-electron chi connectivity index (χ1n) is 10.9. The van der Waals surface area contributed by atoms with Gasteiger partial charge in [-0.3, -0.25) is 9.78 Å². The highest BCUT2D eigenvalue weighted by Gasteiger charge is 2.31. The van der Waals surface area contributed by atoms with Crippen molar-refractivity contribution in [3.8, 4) is 22.7 Å². The standard InChI is InChI=1S/C26H21F3N2O5/c1-14(2)36-18-7-5-17(6-8-18)31-21-10-3-15(20-9-4-16(13-30-20)26(27,28)29)11-19(21)24(25(34)35)22(31)12-23(32)33/h3-11,13-14H,12H2,1-2H3,(H,32,33)(H,34,35). The minimum absolute atomic E-state index is 0.0540. The minimum Gasteiger partial charge on any atom is -0.491 e. The second-order valence-corrected chi connectivity index (χ2v) is 8.36. The highest BCUT2D eigenvalue weighted by Crippen LogP contribution is 2.35. The van der Waals surface area contributed by atoms with Crippen LogP contribution >= 0.6 is 0 Å². The van der Waals surface area contributed by atoms with Gasteiger partial charge >= 0.3 is 18.1 Å². The maximum atomic E-state index is 12.9. The molecule has 36 heavy (non-hydrogen) atoms. The van der Waals surface area contributed by atoms with Gasteiger partial charge in [-0.15, -0.1) is 0 Å². The third-order valence-corrected chi connectivity index (χ3v) is 5.45. The molecule has 0 aliphatic rings. The second kappa shape index (κ2) is 9.37. The van der Waals surface area contributed by atoms with Gasteiger partial charge in [-0.25, -0.2) is 4.79 Å². The van der Waals surface area contributed by atoms with Gasteiger partial charge in [0.15, 0.2) is 0 Å². The number of alkyl halides is 3. The first kappa shape index (κ1) is 24.8. The summed E-state index contributed by atoms with van der Waals surface area (Å²) < 4.78 is 45.9. The third kappa shape index (κ3) is 4.88. The van der Waals surface area contributed by atoms with Crippen molar-refractivity contribution in [2.24, 2.45) is 0 Å². The molecule has 7 nitrogen and oxygen atoms in total. The predicted octanol–water partition coefficient (Wildman–Crippen LogP) is 5.82. The lowest BCUT2D eigenvalue weighted by atomic mass is 10.0. The fourth-order valence-corrected chi connectivity index (χ4v) is 4.03. The van der Waals surface area contributed by atoms with Crippen molar-refractivity contribution in [2.45, 2.75) is 32.5 Å². The number of nitrogens with zero attached hydrogens (tertiary/aromatic N) is 2. The average molecular weight is 498 g/mol. The SMILES string of the molecule is CC(C)Oc1ccc(-n2c(CC(=O)O)c(C(=O)O)c3cc(-c4ccc(C(F)(F)F)cn4)ccc32)cc1. The number of fused-ring (bicyclic) bond motifs is 1. The van der Waals surface area contributed by atoms with Crippen molar-refractivity contribution in [2.75, 3.05) is 0 Å². The number of aliphatic carboxylic acids is 1. The summed E-state index contributed by atoms with van der Waals surface area (Å²) in [4.78, 5) is 27.8. The topological polar surface area (TPSA) is 102 Å². The number of carboxylic acids is 2. The van der Waals surface area contributed by atoms with E-state index in [4.69, 9.17) is 4.74 Å². The van der Waals surface area contributed by atoms with E-state index in [0.29, 0.717) is 28.7 Å². The lowest BCUT2D eigenvalue weighted by molar-refractivity contribution is -0.138. The quantitative estimate of drug-likeness (QED) is 0.333. The van der Waals surface area contributed by atoms with Gasteiger partial charge in [0, 0.05) is 28.5 Å². The molecule has 0 saturated heterocycles. The monoisotopic (exact) mass is 498 g/mol. The Balaban J connectivity index is 1.90. The first-order chi connectivity index (χ1) is 17.0. The molecule has 4 aromatic rings. The number of hydrogen-bond acceptors (Lipinski definition) is 4. The van der Waals surface area contributed by atoms with E-state index in [0.717, 1.165) is 6.07 Å². The molecule has 2 N–H and O–H groups in total. The van der Waals surface area contributed by atoms with Gasteiger partial charge in [0.05, 0.1) is 34.9 Å². The van der Waals surface area contributed by atoms with Crippen molar-refractivity contribution >= 4 is 22.8 Å². The summed E-state index contributed by atoms with van der Waals surface area (Å²) in [6.07, 6.45) is -4.44. The van der Waals surface area contributed by atoms with E-state index in [1.54, 1.807) is 41.0 Å². The first-order valence-corrected chi connectivity index (χ1v) is 10.9. The maximum Gasteiger partial charge on any atom is 0.417 e. The predicted molar refractivity (Wildman–Crippen MR) is 126 cm³/mol. The van der Waals surface area contributed by atoms with Crippen LogP contribution < -0.4 is 4.74 Å². The molecule has 0 spiro atoms. The summed E-state index contributed by atoms with van der Waals surface area (Å²) >= 11 is 0. The Morgan fingerprint density at radius 2 is 1.72 bits per heavy atom. The van der Waals surface area contributed by atoms with Crippen molar-refractivity contribution in [1.82, 2.24) is 9.55 Å². The van der Waals surface area contributed by atoms with E-state index < -0.39 is 30.1 Å². The molecule has 0 radical (unpaired) electrons. The summed E-state index contributed by atoms with van der Waals surface area (Å²) in [5.41, 5.74) is 0.501. The zero-order valence-corrected chi connectivity index (χ0v) is 19.2. The lowest BCUT2D eigenvalue weighted by Crippen LogP contribution is -2.11. The highest BCUT2D eigenvalue weighted by atomic mass is 19.4. The molecule has 0 bridgehead atoms. The molecular formula is C26H21F3N2O5. The number of aromatic nitrogens is 2. The number of ether oxygens (including phenoxy) is 1. The lowest BCUT2D eigenvalue weighted by Gasteiger charge is -2.13. The van der Waals surface area contributed by atoms with E-state index in [2.05, 4.69) is 4.98 Å². The van der Waals surface area contributed by atoms with Gasteiger partial charge in [0.2, 0.25) is 0 Å². The normalized spacial score (nSPS) is 11.7. The molecule has 2 aromatic carbocycles. The summed E-state index contributed by atoms with van der Waals surface area (Å²) in [5, 5.41) is 19.7. The highest BCUT2D eigenvalue weighted by molar-refractivity contribution is 6.07. The van der Waals surface area contributed by atoms with Gasteiger partial charge in [0.25, 0.3) is 0 Å². The van der Waals surface area contributed by atoms with E-state index in [9.17, 15) is 33.0 Å². The molecular weight excluding hydrogens is 477 g/mol. The fourth-order valence-electron chi connectivity index (χ4n) is 4.03. The molecule has 0 aliphatic carbocycles. The van der Waals surface area contributed by atoms with Crippen LogP contribution in [0.5, 0.6) is 5.75 Å². The van der Waals surface area contributed by atoms with Crippen molar-refractivity contribution < 1.29 is 37.7 Å². The maximum absolute atomic E-state index is 12.9. The third-order valence-electron chi connectivity index (χ3n) is 5.45. The van der Waals surface area contributed by atoms with Crippen LogP contribution in [0, 0.1) is 0 Å². The molecule has 0 atom stereocenters. The molecule has 186 valence electrons. The number of halogens is 3. The van der Waals surface area contributed by atoms with Crippen LogP contribution in [0.15, 0.2) is 60.8 Å². The number of rotatable bonds is 7. The van der Waals surface area contributed by atoms with Gasteiger partial charge in [-0.05, 0) is 62.4 Å². The number of aromatic carboxylic acids is 1. The summed E-state index contributed by atoms with van der Waals surface area (Å²) in [5.74, 6) is -1.95. The van der Waals surface area contributed by atoms with Crippen LogP contribution in [-0.2, 0) is 17.4 Å². The average Bonchev–Trinajstić information content (AvgIpc) is 3.11. The Labute approximate surface area is 203 Å². The zero-order valence-electron chi connectivity index (χ0n) is 19.2.